The van der Waals surface area contributed by atoms with Gasteiger partial charge in [-0.15, -0.1) is 0 Å². The molecule has 1 aliphatic carbocycles. The molecule has 0 heterocycles. The van der Waals surface area contributed by atoms with Crippen LogP contribution in [0.2, 0.25) is 0 Å². The van der Waals surface area contributed by atoms with Gasteiger partial charge in [-0.3, -0.25) is 20.4 Å². The monoisotopic (exact) mass is 458 g/mol. The number of sulfonamides is 1. The van der Waals surface area contributed by atoms with Gasteiger partial charge in [-0.1, -0.05) is 23.8 Å². The molecule has 8 nitrogen and oxygen atoms in total. The van der Waals surface area contributed by atoms with E-state index in [1.807, 2.05) is 38.1 Å². The van der Waals surface area contributed by atoms with Crippen LogP contribution >= 0.6 is 0 Å². The summed E-state index contributed by atoms with van der Waals surface area (Å²) >= 11 is 0. The van der Waals surface area contributed by atoms with Crippen molar-refractivity contribution in [2.45, 2.75) is 50.8 Å². The van der Waals surface area contributed by atoms with E-state index in [2.05, 4.69) is 20.9 Å². The number of benzene rings is 2. The van der Waals surface area contributed by atoms with Crippen LogP contribution in [0.1, 0.15) is 41.5 Å². The van der Waals surface area contributed by atoms with Crippen LogP contribution in [-0.2, 0) is 32.5 Å². The maximum absolute atomic E-state index is 12.5. The smallest absolute Gasteiger partial charge is 0.257 e. The average Bonchev–Trinajstić information content (AvgIpc) is 2.76. The number of amides is 2. The molecule has 0 radical (unpaired) electrons. The van der Waals surface area contributed by atoms with E-state index in [-0.39, 0.29) is 24.4 Å². The lowest BCUT2D eigenvalue weighted by Crippen LogP contribution is -2.45. The van der Waals surface area contributed by atoms with E-state index in [0.29, 0.717) is 0 Å². The van der Waals surface area contributed by atoms with Gasteiger partial charge in [0.2, 0.25) is 15.9 Å². The molecular weight excluding hydrogens is 428 g/mol. The SMILES string of the molecule is Cc1ccc(NCC(=O)NNC(=O)CCNS(=O)(=O)c2ccc3c(c2)CCCC3)c(C)c1. The molecule has 0 unspecified atom stereocenters. The minimum absolute atomic E-state index is 0.00482. The zero-order chi connectivity index (χ0) is 23.1. The van der Waals surface area contributed by atoms with Gasteiger partial charge in [0.15, 0.2) is 0 Å². The van der Waals surface area contributed by atoms with Gasteiger partial charge in [-0.05, 0) is 74.4 Å². The minimum atomic E-state index is -3.69. The summed E-state index contributed by atoms with van der Waals surface area (Å²) in [6.07, 6.45) is 3.96. The molecule has 2 amide bonds. The summed E-state index contributed by atoms with van der Waals surface area (Å²) in [5.74, 6) is -0.897. The third-order valence-corrected chi connectivity index (χ3v) is 6.90. The Bertz CT molecular complexity index is 1100. The number of carbonyl (C=O) groups is 2. The summed E-state index contributed by atoms with van der Waals surface area (Å²) in [4.78, 5) is 24.1. The highest BCUT2D eigenvalue weighted by Crippen LogP contribution is 2.24. The Morgan fingerprint density at radius 3 is 2.38 bits per heavy atom. The first kappa shape index (κ1) is 23.7. The van der Waals surface area contributed by atoms with E-state index in [0.717, 1.165) is 48.1 Å². The second-order valence-electron chi connectivity index (χ2n) is 8.05. The lowest BCUT2D eigenvalue weighted by Gasteiger charge is -2.16. The van der Waals surface area contributed by atoms with Crippen molar-refractivity contribution in [1.29, 1.82) is 0 Å². The lowest BCUT2D eigenvalue weighted by atomic mass is 9.92. The Labute approximate surface area is 189 Å². The molecule has 0 spiro atoms. The fourth-order valence-electron chi connectivity index (χ4n) is 3.69. The number of anilines is 1. The Kier molecular flexibility index (Phi) is 7.87. The number of hydrogen-bond donors (Lipinski definition) is 4. The Morgan fingerprint density at radius 1 is 0.906 bits per heavy atom. The minimum Gasteiger partial charge on any atom is -0.376 e. The topological polar surface area (TPSA) is 116 Å². The number of hydrazine groups is 1. The van der Waals surface area contributed by atoms with E-state index < -0.39 is 21.8 Å². The predicted molar refractivity (Wildman–Crippen MR) is 124 cm³/mol. The third kappa shape index (κ3) is 6.54. The van der Waals surface area contributed by atoms with Crippen LogP contribution < -0.4 is 20.9 Å². The Balaban J connectivity index is 1.39. The summed E-state index contributed by atoms with van der Waals surface area (Å²) in [6, 6.07) is 11.0. The number of rotatable bonds is 8. The van der Waals surface area contributed by atoms with Gasteiger partial charge in [0.05, 0.1) is 11.4 Å². The molecule has 2 aromatic rings. The summed E-state index contributed by atoms with van der Waals surface area (Å²) in [6.45, 7) is 3.86. The van der Waals surface area contributed by atoms with Crippen LogP contribution in [0.3, 0.4) is 0 Å². The molecule has 0 atom stereocenters. The molecule has 0 saturated carbocycles. The molecule has 4 N–H and O–H groups in total. The van der Waals surface area contributed by atoms with E-state index in [1.165, 1.54) is 5.56 Å². The molecular formula is C23H30N4O4S. The maximum atomic E-state index is 12.5. The normalized spacial score (nSPS) is 13.2. The van der Waals surface area contributed by atoms with Gasteiger partial charge in [0.25, 0.3) is 5.91 Å². The van der Waals surface area contributed by atoms with Crippen molar-refractivity contribution >= 4 is 27.5 Å². The number of aryl methyl sites for hydroxylation is 4. The molecule has 0 saturated heterocycles. The lowest BCUT2D eigenvalue weighted by molar-refractivity contribution is -0.127. The largest absolute Gasteiger partial charge is 0.376 e. The van der Waals surface area contributed by atoms with Gasteiger partial charge in [-0.25, -0.2) is 13.1 Å². The summed E-state index contributed by atoms with van der Waals surface area (Å²) in [7, 11) is -3.69. The van der Waals surface area contributed by atoms with Gasteiger partial charge < -0.3 is 5.32 Å². The van der Waals surface area contributed by atoms with Crippen molar-refractivity contribution in [3.63, 3.8) is 0 Å². The van der Waals surface area contributed by atoms with Gasteiger partial charge in [-0.2, -0.15) is 0 Å². The molecule has 3 rings (SSSR count). The van der Waals surface area contributed by atoms with Crippen LogP contribution in [0.25, 0.3) is 0 Å². The quantitative estimate of drug-likeness (QED) is 0.452. The van der Waals surface area contributed by atoms with Crippen LogP contribution in [-0.4, -0.2) is 33.3 Å². The van der Waals surface area contributed by atoms with E-state index >= 15 is 0 Å². The first-order chi connectivity index (χ1) is 15.2. The third-order valence-electron chi connectivity index (χ3n) is 5.44. The molecule has 0 aromatic heterocycles. The summed E-state index contributed by atoms with van der Waals surface area (Å²) in [5, 5.41) is 3.01. The first-order valence-electron chi connectivity index (χ1n) is 10.7. The van der Waals surface area contributed by atoms with Gasteiger partial charge in [0.1, 0.15) is 0 Å². The summed E-state index contributed by atoms with van der Waals surface area (Å²) in [5.41, 5.74) is 9.89. The first-order valence-corrected chi connectivity index (χ1v) is 12.2. The van der Waals surface area contributed by atoms with Crippen molar-refractivity contribution in [2.24, 2.45) is 0 Å². The molecule has 1 aliphatic rings. The highest BCUT2D eigenvalue weighted by Gasteiger charge is 2.18. The summed E-state index contributed by atoms with van der Waals surface area (Å²) < 4.78 is 27.5. The fourth-order valence-corrected chi connectivity index (χ4v) is 4.77. The Hall–Kier alpha value is -2.91. The van der Waals surface area contributed by atoms with Crippen molar-refractivity contribution in [3.05, 3.63) is 58.7 Å². The van der Waals surface area contributed by atoms with Crippen LogP contribution in [0.15, 0.2) is 41.3 Å². The number of fused-ring (bicyclic) bond motifs is 1. The molecule has 9 heteroatoms. The molecule has 172 valence electrons. The maximum Gasteiger partial charge on any atom is 0.257 e. The molecule has 0 aliphatic heterocycles. The second kappa shape index (κ2) is 10.6. The average molecular weight is 459 g/mol. The highest BCUT2D eigenvalue weighted by molar-refractivity contribution is 7.89. The zero-order valence-corrected chi connectivity index (χ0v) is 19.3. The van der Waals surface area contributed by atoms with E-state index in [4.69, 9.17) is 0 Å². The van der Waals surface area contributed by atoms with Crippen molar-refractivity contribution in [3.8, 4) is 0 Å². The standard InChI is InChI=1S/C23H30N4O4S/c1-16-7-10-21(17(2)13-16)24-15-23(29)27-26-22(28)11-12-25-32(30,31)20-9-8-18-5-3-4-6-19(18)14-20/h7-10,13-14,24-25H,3-6,11-12,15H2,1-2H3,(H,26,28)(H,27,29). The van der Waals surface area contributed by atoms with Crippen molar-refractivity contribution < 1.29 is 18.0 Å². The Morgan fingerprint density at radius 2 is 1.62 bits per heavy atom. The second-order valence-corrected chi connectivity index (χ2v) is 9.82. The highest BCUT2D eigenvalue weighted by atomic mass is 32.2. The van der Waals surface area contributed by atoms with Crippen molar-refractivity contribution in [2.75, 3.05) is 18.4 Å². The van der Waals surface area contributed by atoms with Crippen LogP contribution in [0.5, 0.6) is 0 Å². The van der Waals surface area contributed by atoms with Gasteiger partial charge in [0, 0.05) is 18.7 Å². The number of carbonyl (C=O) groups excluding carboxylic acids is 2. The van der Waals surface area contributed by atoms with Crippen LogP contribution in [0.4, 0.5) is 5.69 Å². The molecule has 0 fully saturated rings. The zero-order valence-electron chi connectivity index (χ0n) is 18.5. The van der Waals surface area contributed by atoms with E-state index in [1.54, 1.807) is 12.1 Å². The molecule has 2 aromatic carbocycles. The van der Waals surface area contributed by atoms with Crippen molar-refractivity contribution in [1.82, 2.24) is 15.6 Å². The fraction of sp³-hybridized carbons (Fsp3) is 0.391. The van der Waals surface area contributed by atoms with Gasteiger partial charge >= 0.3 is 0 Å². The molecule has 0 bridgehead atoms. The van der Waals surface area contributed by atoms with Crippen LogP contribution in [0, 0.1) is 13.8 Å². The number of nitrogens with one attached hydrogen (secondary N) is 4. The van der Waals surface area contributed by atoms with E-state index in [9.17, 15) is 18.0 Å². The molecule has 32 heavy (non-hydrogen) atoms. The number of hydrogen-bond acceptors (Lipinski definition) is 5. The predicted octanol–water partition coefficient (Wildman–Crippen LogP) is 2.11.